The predicted molar refractivity (Wildman–Crippen MR) is 93.4 cm³/mol. The molecule has 6 heteroatoms. The Kier molecular flexibility index (Phi) is 5.57. The fourth-order valence-electron chi connectivity index (χ4n) is 3.78. The van der Waals surface area contributed by atoms with Crippen molar-refractivity contribution in [3.63, 3.8) is 0 Å². The van der Waals surface area contributed by atoms with Crippen LogP contribution in [-0.4, -0.2) is 36.6 Å². The molecular weight excluding hydrogens is 327 g/mol. The number of sulfonamides is 1. The molecule has 0 bridgehead atoms. The summed E-state index contributed by atoms with van der Waals surface area (Å²) in [5.41, 5.74) is 1.90. The third-order valence-electron chi connectivity index (χ3n) is 5.14. The van der Waals surface area contributed by atoms with E-state index < -0.39 is 10.0 Å². The summed E-state index contributed by atoms with van der Waals surface area (Å²) in [5.74, 6) is -0.137. The molecule has 3 rings (SSSR count). The van der Waals surface area contributed by atoms with Crippen LogP contribution in [0, 0.1) is 5.82 Å². The maximum Gasteiger partial charge on any atom is 0.217 e. The fourth-order valence-corrected chi connectivity index (χ4v) is 5.51. The predicted octanol–water partition coefficient (Wildman–Crippen LogP) is 3.65. The third kappa shape index (κ3) is 3.81. The number of nitrogens with zero attached hydrogens (tertiary/aromatic N) is 2. The molecule has 1 saturated heterocycles. The van der Waals surface area contributed by atoms with E-state index in [0.29, 0.717) is 19.8 Å². The summed E-state index contributed by atoms with van der Waals surface area (Å²) < 4.78 is 40.2. The summed E-state index contributed by atoms with van der Waals surface area (Å²) in [5, 5.41) is 0. The lowest BCUT2D eigenvalue weighted by atomic mass is 10.1. The van der Waals surface area contributed by atoms with Gasteiger partial charge in [0.15, 0.2) is 0 Å². The van der Waals surface area contributed by atoms with E-state index >= 15 is 0 Å². The van der Waals surface area contributed by atoms with Crippen LogP contribution in [0.1, 0.15) is 62.6 Å². The Morgan fingerprint density at radius 2 is 1.92 bits per heavy atom. The molecule has 0 amide bonds. The van der Waals surface area contributed by atoms with Crippen molar-refractivity contribution in [1.29, 1.82) is 0 Å². The Balaban J connectivity index is 1.59. The summed E-state index contributed by atoms with van der Waals surface area (Å²) in [7, 11) is -3.23. The van der Waals surface area contributed by atoms with Crippen LogP contribution in [0.5, 0.6) is 0 Å². The maximum absolute atomic E-state index is 13.4. The average molecular weight is 354 g/mol. The van der Waals surface area contributed by atoms with Gasteiger partial charge in [-0.2, -0.15) is 4.31 Å². The van der Waals surface area contributed by atoms with Gasteiger partial charge in [-0.15, -0.1) is 0 Å². The topological polar surface area (TPSA) is 40.6 Å². The van der Waals surface area contributed by atoms with Gasteiger partial charge in [0.25, 0.3) is 0 Å². The second-order valence-corrected chi connectivity index (χ2v) is 8.98. The lowest BCUT2D eigenvalue weighted by Gasteiger charge is -2.37. The molecular formula is C18H27FN2O2S. The van der Waals surface area contributed by atoms with Crippen LogP contribution in [0.4, 0.5) is 4.39 Å². The molecule has 1 unspecified atom stereocenters. The van der Waals surface area contributed by atoms with Crippen LogP contribution in [0.3, 0.4) is 0 Å². The first-order valence-electron chi connectivity index (χ1n) is 9.01. The largest absolute Gasteiger partial charge is 0.277 e. The highest BCUT2D eigenvalue weighted by Crippen LogP contribution is 2.38. The minimum atomic E-state index is -3.23. The lowest BCUT2D eigenvalue weighted by molar-refractivity contribution is 0.139. The molecule has 134 valence electrons. The van der Waals surface area contributed by atoms with E-state index in [4.69, 9.17) is 0 Å². The highest BCUT2D eigenvalue weighted by atomic mass is 32.2. The minimum absolute atomic E-state index is 0.113. The highest BCUT2D eigenvalue weighted by Gasteiger charge is 2.41. The smallest absolute Gasteiger partial charge is 0.217 e. The average Bonchev–Trinajstić information content (AvgIpc) is 2.86. The summed E-state index contributed by atoms with van der Waals surface area (Å²) in [4.78, 5) is 2.15. The van der Waals surface area contributed by atoms with Gasteiger partial charge in [0, 0.05) is 13.1 Å². The number of unbranched alkanes of at least 4 members (excludes halogenated alkanes) is 5. The molecule has 2 heterocycles. The van der Waals surface area contributed by atoms with Crippen molar-refractivity contribution < 1.29 is 12.8 Å². The summed E-state index contributed by atoms with van der Waals surface area (Å²) >= 11 is 0. The van der Waals surface area contributed by atoms with Crippen LogP contribution in [0.2, 0.25) is 0 Å². The summed E-state index contributed by atoms with van der Waals surface area (Å²) in [6.07, 6.45) is 6.89. The minimum Gasteiger partial charge on any atom is -0.277 e. The second-order valence-electron chi connectivity index (χ2n) is 6.97. The van der Waals surface area contributed by atoms with Crippen LogP contribution < -0.4 is 0 Å². The van der Waals surface area contributed by atoms with E-state index in [1.165, 1.54) is 31.7 Å². The monoisotopic (exact) mass is 354 g/mol. The number of halogens is 1. The van der Waals surface area contributed by atoms with Crippen LogP contribution in [0.25, 0.3) is 0 Å². The number of rotatable bonds is 7. The van der Waals surface area contributed by atoms with Crippen LogP contribution in [0.15, 0.2) is 18.2 Å². The number of benzene rings is 1. The van der Waals surface area contributed by atoms with Gasteiger partial charge in [0.1, 0.15) is 5.82 Å². The van der Waals surface area contributed by atoms with E-state index in [0.717, 1.165) is 24.0 Å². The molecule has 1 aromatic rings. The van der Waals surface area contributed by atoms with Gasteiger partial charge < -0.3 is 0 Å². The molecule has 24 heavy (non-hydrogen) atoms. The maximum atomic E-state index is 13.4. The second kappa shape index (κ2) is 7.50. The summed E-state index contributed by atoms with van der Waals surface area (Å²) in [6.45, 7) is 3.86. The zero-order valence-corrected chi connectivity index (χ0v) is 15.2. The van der Waals surface area contributed by atoms with Crippen molar-refractivity contribution in [2.45, 2.75) is 58.0 Å². The molecule has 4 nitrogen and oxygen atoms in total. The number of hydrogen-bond donors (Lipinski definition) is 0. The molecule has 0 saturated carbocycles. The number of fused-ring (bicyclic) bond motifs is 3. The normalized spacial score (nSPS) is 23.2. The Labute approximate surface area is 144 Å². The first-order valence-corrected chi connectivity index (χ1v) is 10.6. The Bertz CT molecular complexity index is 678. The van der Waals surface area contributed by atoms with E-state index in [1.54, 1.807) is 16.4 Å². The van der Waals surface area contributed by atoms with Crippen LogP contribution in [-0.2, 0) is 16.6 Å². The molecule has 0 radical (unpaired) electrons. The number of hydrogen-bond acceptors (Lipinski definition) is 3. The molecule has 2 aliphatic rings. The van der Waals surface area contributed by atoms with Crippen molar-refractivity contribution in [2.24, 2.45) is 0 Å². The van der Waals surface area contributed by atoms with Gasteiger partial charge in [-0.3, -0.25) is 4.90 Å². The Morgan fingerprint density at radius 1 is 1.17 bits per heavy atom. The van der Waals surface area contributed by atoms with Crippen LogP contribution >= 0.6 is 0 Å². The highest BCUT2D eigenvalue weighted by molar-refractivity contribution is 7.89. The Hall–Kier alpha value is -0.980. The molecule has 2 aliphatic heterocycles. The Morgan fingerprint density at radius 3 is 2.71 bits per heavy atom. The van der Waals surface area contributed by atoms with Gasteiger partial charge in [0.05, 0.1) is 18.5 Å². The van der Waals surface area contributed by atoms with Gasteiger partial charge >= 0.3 is 0 Å². The molecule has 0 spiro atoms. The first kappa shape index (κ1) is 17.8. The first-order chi connectivity index (χ1) is 11.5. The molecule has 1 atom stereocenters. The van der Waals surface area contributed by atoms with Crippen molar-refractivity contribution in [3.8, 4) is 0 Å². The quantitative estimate of drug-likeness (QED) is 0.702. The third-order valence-corrected chi connectivity index (χ3v) is 6.96. The molecule has 1 fully saturated rings. The van der Waals surface area contributed by atoms with Gasteiger partial charge in [0.2, 0.25) is 10.0 Å². The van der Waals surface area contributed by atoms with Gasteiger partial charge in [-0.1, -0.05) is 45.1 Å². The zero-order chi connectivity index (χ0) is 17.2. The van der Waals surface area contributed by atoms with Crippen molar-refractivity contribution in [2.75, 3.05) is 19.0 Å². The van der Waals surface area contributed by atoms with E-state index in [9.17, 15) is 12.8 Å². The zero-order valence-electron chi connectivity index (χ0n) is 14.4. The lowest BCUT2D eigenvalue weighted by Crippen LogP contribution is -2.49. The van der Waals surface area contributed by atoms with Crippen molar-refractivity contribution in [1.82, 2.24) is 9.21 Å². The molecule has 1 aromatic carbocycles. The summed E-state index contributed by atoms with van der Waals surface area (Å²) in [6, 6.07) is 4.59. The fraction of sp³-hybridized carbons (Fsp3) is 0.667. The van der Waals surface area contributed by atoms with Crippen molar-refractivity contribution in [3.05, 3.63) is 35.1 Å². The molecule has 0 aromatic heterocycles. The van der Waals surface area contributed by atoms with Crippen molar-refractivity contribution >= 4 is 10.0 Å². The van der Waals surface area contributed by atoms with Gasteiger partial charge in [-0.05, 0) is 29.7 Å². The SMILES string of the molecule is CCCCCCCCN1CN2Cc3cc(F)ccc3C2CS1(=O)=O. The van der Waals surface area contributed by atoms with Gasteiger partial charge in [-0.25, -0.2) is 12.8 Å². The van der Waals surface area contributed by atoms with E-state index in [2.05, 4.69) is 11.8 Å². The van der Waals surface area contributed by atoms with E-state index in [-0.39, 0.29) is 17.6 Å². The molecule has 0 aliphatic carbocycles. The molecule has 0 N–H and O–H groups in total. The van der Waals surface area contributed by atoms with E-state index in [1.807, 2.05) is 0 Å². The standard InChI is InChI=1S/C18H27FN2O2S/c1-2-3-4-5-6-7-10-21-14-20-12-15-11-16(19)8-9-17(15)18(20)13-24(21,22)23/h8-9,11,18H,2-7,10,12-14H2,1H3.